The summed E-state index contributed by atoms with van der Waals surface area (Å²) >= 11 is 3.42. The second-order valence-electron chi connectivity index (χ2n) is 3.91. The highest BCUT2D eigenvalue weighted by molar-refractivity contribution is 9.09. The third kappa shape index (κ3) is 2.78. The first kappa shape index (κ1) is 12.4. The van der Waals surface area contributed by atoms with Crippen LogP contribution in [0.5, 0.6) is 0 Å². The lowest BCUT2D eigenvalue weighted by molar-refractivity contribution is 0.737. The van der Waals surface area contributed by atoms with E-state index in [4.69, 9.17) is 0 Å². The average molecular weight is 293 g/mol. The van der Waals surface area contributed by atoms with E-state index >= 15 is 0 Å². The molecule has 0 saturated carbocycles. The van der Waals surface area contributed by atoms with Crippen LogP contribution in [0.15, 0.2) is 36.4 Å². The zero-order valence-electron chi connectivity index (χ0n) is 10.1. The van der Waals surface area contributed by atoms with Gasteiger partial charge in [-0.05, 0) is 25.5 Å². The van der Waals surface area contributed by atoms with Crippen molar-refractivity contribution < 1.29 is 0 Å². The molecule has 0 radical (unpaired) electrons. The number of imidazole rings is 1. The number of hydrogen-bond acceptors (Lipinski definition) is 1. The van der Waals surface area contributed by atoms with Crippen molar-refractivity contribution in [2.24, 2.45) is 0 Å². The maximum Gasteiger partial charge on any atom is 0.113 e. The van der Waals surface area contributed by atoms with Gasteiger partial charge in [-0.25, -0.2) is 4.98 Å². The molecule has 0 N–H and O–H groups in total. The van der Waals surface area contributed by atoms with Crippen LogP contribution in [0.2, 0.25) is 0 Å². The second kappa shape index (κ2) is 6.01. The molecule has 0 spiro atoms. The molecule has 0 saturated heterocycles. The molecule has 0 atom stereocenters. The van der Waals surface area contributed by atoms with Crippen molar-refractivity contribution in [1.29, 1.82) is 0 Å². The van der Waals surface area contributed by atoms with Crippen LogP contribution < -0.4 is 0 Å². The second-order valence-corrected chi connectivity index (χ2v) is 4.71. The molecule has 17 heavy (non-hydrogen) atoms. The standard InChI is InChI=1S/C14H17BrN2/c1-2-17-13-9-6-5-8-12(13)16-14(17)10-4-3-7-11-15/h3-6,8-9H,2,7,10-11H2,1H3. The third-order valence-electron chi connectivity index (χ3n) is 2.79. The van der Waals surface area contributed by atoms with Crippen LogP contribution in [-0.2, 0) is 13.0 Å². The molecule has 0 bridgehead atoms. The maximum atomic E-state index is 4.68. The van der Waals surface area contributed by atoms with E-state index in [-0.39, 0.29) is 0 Å². The molecule has 0 aliphatic rings. The van der Waals surface area contributed by atoms with E-state index in [1.807, 2.05) is 6.07 Å². The minimum absolute atomic E-state index is 0.912. The number of allylic oxidation sites excluding steroid dienone is 2. The molecule has 90 valence electrons. The van der Waals surface area contributed by atoms with Gasteiger partial charge in [-0.3, -0.25) is 0 Å². The van der Waals surface area contributed by atoms with Gasteiger partial charge in [0.25, 0.3) is 0 Å². The van der Waals surface area contributed by atoms with Gasteiger partial charge in [-0.2, -0.15) is 0 Å². The Morgan fingerprint density at radius 1 is 1.29 bits per heavy atom. The Labute approximate surface area is 110 Å². The van der Waals surface area contributed by atoms with E-state index in [1.165, 1.54) is 5.52 Å². The van der Waals surface area contributed by atoms with E-state index < -0.39 is 0 Å². The molecule has 2 rings (SSSR count). The van der Waals surface area contributed by atoms with Crippen molar-refractivity contribution in [3.8, 4) is 0 Å². The zero-order chi connectivity index (χ0) is 12.1. The molecule has 1 aromatic heterocycles. The quantitative estimate of drug-likeness (QED) is 0.603. The molecule has 1 aromatic carbocycles. The molecule has 1 heterocycles. The number of nitrogens with zero attached hydrogens (tertiary/aromatic N) is 2. The van der Waals surface area contributed by atoms with Crippen LogP contribution >= 0.6 is 15.9 Å². The minimum Gasteiger partial charge on any atom is -0.328 e. The van der Waals surface area contributed by atoms with Gasteiger partial charge in [-0.15, -0.1) is 0 Å². The van der Waals surface area contributed by atoms with Crippen molar-refractivity contribution in [1.82, 2.24) is 9.55 Å². The van der Waals surface area contributed by atoms with Crippen molar-refractivity contribution >= 4 is 27.0 Å². The predicted octanol–water partition coefficient (Wildman–Crippen LogP) is 3.94. The highest BCUT2D eigenvalue weighted by atomic mass is 79.9. The summed E-state index contributed by atoms with van der Waals surface area (Å²) in [6, 6.07) is 8.32. The molecule has 0 amide bonds. The van der Waals surface area contributed by atoms with E-state index in [9.17, 15) is 0 Å². The molecule has 2 aromatic rings. The lowest BCUT2D eigenvalue weighted by Gasteiger charge is -2.03. The Morgan fingerprint density at radius 2 is 2.12 bits per heavy atom. The highest BCUT2D eigenvalue weighted by Gasteiger charge is 2.06. The SMILES string of the molecule is CCn1c(CC=CCCBr)nc2ccccc21. The predicted molar refractivity (Wildman–Crippen MR) is 76.7 cm³/mol. The van der Waals surface area contributed by atoms with Crippen LogP contribution in [-0.4, -0.2) is 14.9 Å². The first-order valence-electron chi connectivity index (χ1n) is 6.02. The molecular formula is C14H17BrN2. The number of aromatic nitrogens is 2. The van der Waals surface area contributed by atoms with Gasteiger partial charge < -0.3 is 4.57 Å². The number of hydrogen-bond donors (Lipinski definition) is 0. The Kier molecular flexibility index (Phi) is 4.37. The molecule has 0 unspecified atom stereocenters. The normalized spacial score (nSPS) is 11.6. The van der Waals surface area contributed by atoms with Gasteiger partial charge in [0, 0.05) is 18.3 Å². The van der Waals surface area contributed by atoms with Crippen LogP contribution in [0.3, 0.4) is 0 Å². The fourth-order valence-corrected chi connectivity index (χ4v) is 2.27. The molecule has 0 aliphatic carbocycles. The van der Waals surface area contributed by atoms with E-state index in [0.29, 0.717) is 0 Å². The molecule has 2 nitrogen and oxygen atoms in total. The Hall–Kier alpha value is -1.09. The van der Waals surface area contributed by atoms with Crippen LogP contribution in [0.4, 0.5) is 0 Å². The van der Waals surface area contributed by atoms with Gasteiger partial charge in [0.2, 0.25) is 0 Å². The number of rotatable bonds is 5. The minimum atomic E-state index is 0.912. The summed E-state index contributed by atoms with van der Waals surface area (Å²) in [5, 5.41) is 1.02. The zero-order valence-corrected chi connectivity index (χ0v) is 11.7. The van der Waals surface area contributed by atoms with E-state index in [1.54, 1.807) is 0 Å². The molecular weight excluding hydrogens is 276 g/mol. The monoisotopic (exact) mass is 292 g/mol. The fraction of sp³-hybridized carbons (Fsp3) is 0.357. The first-order valence-corrected chi connectivity index (χ1v) is 7.14. The van der Waals surface area contributed by atoms with Crippen molar-refractivity contribution in [2.75, 3.05) is 5.33 Å². The van der Waals surface area contributed by atoms with Crippen molar-refractivity contribution in [3.63, 3.8) is 0 Å². The summed E-state index contributed by atoms with van der Waals surface area (Å²) in [4.78, 5) is 4.68. The summed E-state index contributed by atoms with van der Waals surface area (Å²) in [5.41, 5.74) is 2.33. The summed E-state index contributed by atoms with van der Waals surface area (Å²) < 4.78 is 2.29. The van der Waals surface area contributed by atoms with Crippen molar-refractivity contribution in [3.05, 3.63) is 42.2 Å². The Balaban J connectivity index is 2.27. The van der Waals surface area contributed by atoms with Gasteiger partial charge >= 0.3 is 0 Å². The number of alkyl halides is 1. The van der Waals surface area contributed by atoms with Gasteiger partial charge in [0.15, 0.2) is 0 Å². The maximum absolute atomic E-state index is 4.68. The largest absolute Gasteiger partial charge is 0.328 e. The Morgan fingerprint density at radius 3 is 2.88 bits per heavy atom. The fourth-order valence-electron chi connectivity index (χ4n) is 2.00. The van der Waals surface area contributed by atoms with Crippen LogP contribution in [0.25, 0.3) is 11.0 Å². The number of aryl methyl sites for hydroxylation is 1. The first-order chi connectivity index (χ1) is 8.36. The summed E-state index contributed by atoms with van der Waals surface area (Å²) in [5.74, 6) is 1.15. The summed E-state index contributed by atoms with van der Waals surface area (Å²) in [7, 11) is 0. The topological polar surface area (TPSA) is 17.8 Å². The van der Waals surface area contributed by atoms with Crippen LogP contribution in [0, 0.1) is 0 Å². The number of halogens is 1. The molecule has 3 heteroatoms. The van der Waals surface area contributed by atoms with Gasteiger partial charge in [-0.1, -0.05) is 40.2 Å². The number of para-hydroxylation sites is 2. The van der Waals surface area contributed by atoms with E-state index in [2.05, 4.69) is 62.8 Å². The lowest BCUT2D eigenvalue weighted by Crippen LogP contribution is -2.00. The third-order valence-corrected chi connectivity index (χ3v) is 3.25. The van der Waals surface area contributed by atoms with Gasteiger partial charge in [0.05, 0.1) is 11.0 Å². The number of benzene rings is 1. The van der Waals surface area contributed by atoms with Crippen LogP contribution in [0.1, 0.15) is 19.2 Å². The van der Waals surface area contributed by atoms with E-state index in [0.717, 1.165) is 36.1 Å². The smallest absolute Gasteiger partial charge is 0.113 e. The molecule has 0 aliphatic heterocycles. The molecule has 0 fully saturated rings. The highest BCUT2D eigenvalue weighted by Crippen LogP contribution is 2.16. The summed E-state index contributed by atoms with van der Waals surface area (Å²) in [6.07, 6.45) is 6.39. The Bertz CT molecular complexity index is 514. The van der Waals surface area contributed by atoms with Crippen molar-refractivity contribution in [2.45, 2.75) is 26.3 Å². The van der Waals surface area contributed by atoms with Gasteiger partial charge in [0.1, 0.15) is 5.82 Å². The lowest BCUT2D eigenvalue weighted by atomic mass is 10.3. The summed E-state index contributed by atoms with van der Waals surface area (Å²) in [6.45, 7) is 3.14. The average Bonchev–Trinajstić information content (AvgIpc) is 2.72. The number of fused-ring (bicyclic) bond motifs is 1.